The Hall–Kier alpha value is -5.56. The summed E-state index contributed by atoms with van der Waals surface area (Å²) in [5.41, 5.74) is 12.7. The van der Waals surface area contributed by atoms with Crippen LogP contribution in [0.2, 0.25) is 0 Å². The number of hydrogen-bond donors (Lipinski definition) is 11. The third kappa shape index (κ3) is 15.8. The number of carboxylic acid groups (broad SMARTS) is 3. The number of benzene rings is 1. The van der Waals surface area contributed by atoms with Crippen LogP contribution in [-0.4, -0.2) is 111 Å². The number of para-hydroxylation sites is 1. The first-order valence-electron chi connectivity index (χ1n) is 19.1. The largest absolute Gasteiger partial charge is 0.481 e. The van der Waals surface area contributed by atoms with Gasteiger partial charge in [-0.15, -0.1) is 0 Å². The molecule has 5 amide bonds. The highest BCUT2D eigenvalue weighted by atomic mass is 16.4. The monoisotopic (exact) mass is 802 g/mol. The van der Waals surface area contributed by atoms with Gasteiger partial charge in [-0.05, 0) is 62.1 Å². The van der Waals surface area contributed by atoms with Crippen LogP contribution in [-0.2, 0) is 44.8 Å². The van der Waals surface area contributed by atoms with E-state index in [1.807, 2.05) is 18.2 Å². The molecule has 1 aromatic heterocycles. The van der Waals surface area contributed by atoms with E-state index in [-0.39, 0.29) is 31.6 Å². The Morgan fingerprint density at radius 1 is 0.719 bits per heavy atom. The Morgan fingerprint density at radius 2 is 1.32 bits per heavy atom. The molecule has 13 N–H and O–H groups in total. The summed E-state index contributed by atoms with van der Waals surface area (Å²) in [4.78, 5) is 106. The van der Waals surface area contributed by atoms with E-state index in [0.717, 1.165) is 10.9 Å². The Kier molecular flexibility index (Phi) is 19.6. The van der Waals surface area contributed by atoms with Gasteiger partial charge in [0.05, 0.1) is 12.5 Å². The maximum atomic E-state index is 14.1. The number of H-pyrrole nitrogens is 1. The number of carbonyl (C=O) groups excluding carboxylic acids is 5. The number of fused-ring (bicyclic) bond motifs is 1. The van der Waals surface area contributed by atoms with Crippen molar-refractivity contribution in [2.24, 2.45) is 23.3 Å². The SMILES string of the molecule is CC[C@H](C)[C@H](NC(=O)[C@H](CC(C)C)NC(=O)[C@H](CC(=O)O)NC(=O)[C@@H](N)CCC(=O)O)C(=O)N[C@@H](Cc1c[nH]c2ccccc12)C(=O)N[C@@H](CCCCN)C(=O)O. The molecule has 316 valence electrons. The number of unbranched alkanes of at least 4 members (excludes halogenated alkanes) is 1. The minimum atomic E-state index is -1.68. The molecule has 0 bridgehead atoms. The number of aliphatic carboxylic acids is 3. The molecule has 7 atom stereocenters. The third-order valence-electron chi connectivity index (χ3n) is 9.44. The second-order valence-corrected chi connectivity index (χ2v) is 14.6. The summed E-state index contributed by atoms with van der Waals surface area (Å²) in [6.07, 6.45) is 1.54. The number of aromatic nitrogens is 1. The van der Waals surface area contributed by atoms with Gasteiger partial charge in [-0.3, -0.25) is 33.6 Å². The lowest BCUT2D eigenvalue weighted by Gasteiger charge is -2.29. The van der Waals surface area contributed by atoms with Gasteiger partial charge in [-0.25, -0.2) is 4.79 Å². The first kappa shape index (κ1) is 47.6. The topological polar surface area (TPSA) is 325 Å². The van der Waals surface area contributed by atoms with Crippen molar-refractivity contribution in [3.63, 3.8) is 0 Å². The van der Waals surface area contributed by atoms with Crippen molar-refractivity contribution >= 4 is 58.3 Å². The lowest BCUT2D eigenvalue weighted by molar-refractivity contribution is -0.143. The summed E-state index contributed by atoms with van der Waals surface area (Å²) in [6, 6.07) is -0.867. The predicted molar refractivity (Wildman–Crippen MR) is 208 cm³/mol. The van der Waals surface area contributed by atoms with E-state index in [0.29, 0.717) is 31.4 Å². The molecule has 0 aliphatic rings. The molecule has 0 spiro atoms. The second kappa shape index (κ2) is 23.5. The number of rotatable bonds is 26. The summed E-state index contributed by atoms with van der Waals surface area (Å²) in [6.45, 7) is 7.34. The van der Waals surface area contributed by atoms with E-state index in [1.165, 1.54) is 0 Å². The molecule has 0 aliphatic heterocycles. The van der Waals surface area contributed by atoms with Crippen molar-refractivity contribution in [2.45, 2.75) is 122 Å². The van der Waals surface area contributed by atoms with Gasteiger partial charge in [0.1, 0.15) is 30.2 Å². The fourth-order valence-electron chi connectivity index (χ4n) is 6.02. The molecule has 57 heavy (non-hydrogen) atoms. The van der Waals surface area contributed by atoms with Gasteiger partial charge in [-0.2, -0.15) is 0 Å². The van der Waals surface area contributed by atoms with Crippen LogP contribution in [0.4, 0.5) is 0 Å². The minimum absolute atomic E-state index is 0.0324. The van der Waals surface area contributed by atoms with E-state index in [1.54, 1.807) is 40.0 Å². The molecular formula is C38H58N8O11. The van der Waals surface area contributed by atoms with E-state index in [2.05, 4.69) is 31.6 Å². The summed E-state index contributed by atoms with van der Waals surface area (Å²) >= 11 is 0. The quantitative estimate of drug-likeness (QED) is 0.0564. The molecule has 2 rings (SSSR count). The zero-order valence-corrected chi connectivity index (χ0v) is 32.8. The van der Waals surface area contributed by atoms with Gasteiger partial charge >= 0.3 is 17.9 Å². The first-order valence-corrected chi connectivity index (χ1v) is 19.1. The van der Waals surface area contributed by atoms with Crippen molar-refractivity contribution < 1.29 is 53.7 Å². The average Bonchev–Trinajstić information content (AvgIpc) is 3.56. The van der Waals surface area contributed by atoms with Gasteiger partial charge in [0.25, 0.3) is 0 Å². The summed E-state index contributed by atoms with van der Waals surface area (Å²) in [5, 5.41) is 41.6. The number of carbonyl (C=O) groups is 8. The number of nitrogens with one attached hydrogen (secondary N) is 6. The van der Waals surface area contributed by atoms with Gasteiger partial charge in [0.15, 0.2) is 0 Å². The van der Waals surface area contributed by atoms with Crippen molar-refractivity contribution in [3.05, 3.63) is 36.0 Å². The second-order valence-electron chi connectivity index (χ2n) is 14.6. The molecule has 0 fully saturated rings. The van der Waals surface area contributed by atoms with E-state index in [9.17, 15) is 48.6 Å². The van der Waals surface area contributed by atoms with Gasteiger partial charge in [-0.1, -0.05) is 52.3 Å². The Labute approximate surface area is 330 Å². The predicted octanol–water partition coefficient (Wildman–Crippen LogP) is 0.107. The Balaban J connectivity index is 2.38. The van der Waals surface area contributed by atoms with Crippen LogP contribution < -0.4 is 38.1 Å². The molecule has 19 nitrogen and oxygen atoms in total. The van der Waals surface area contributed by atoms with Crippen LogP contribution in [0.5, 0.6) is 0 Å². The fourth-order valence-corrected chi connectivity index (χ4v) is 6.02. The summed E-state index contributed by atoms with van der Waals surface area (Å²) in [7, 11) is 0. The molecule has 0 unspecified atom stereocenters. The van der Waals surface area contributed by atoms with E-state index in [4.69, 9.17) is 16.6 Å². The molecular weight excluding hydrogens is 744 g/mol. The Morgan fingerprint density at radius 3 is 1.91 bits per heavy atom. The third-order valence-corrected chi connectivity index (χ3v) is 9.44. The van der Waals surface area contributed by atoms with E-state index < -0.39 is 102 Å². The number of amides is 5. The normalized spacial score (nSPS) is 14.9. The van der Waals surface area contributed by atoms with E-state index >= 15 is 0 Å². The zero-order chi connectivity index (χ0) is 42.8. The zero-order valence-electron chi connectivity index (χ0n) is 32.8. The number of hydrogen-bond acceptors (Lipinski definition) is 10. The summed E-state index contributed by atoms with van der Waals surface area (Å²) in [5.74, 6) is -8.96. The molecule has 0 saturated heterocycles. The maximum Gasteiger partial charge on any atom is 0.326 e. The lowest BCUT2D eigenvalue weighted by atomic mass is 9.95. The average molecular weight is 803 g/mol. The highest BCUT2D eigenvalue weighted by Gasteiger charge is 2.35. The molecule has 0 aliphatic carbocycles. The number of carboxylic acids is 3. The van der Waals surface area contributed by atoms with Crippen LogP contribution in [0.15, 0.2) is 30.5 Å². The van der Waals surface area contributed by atoms with Crippen LogP contribution >= 0.6 is 0 Å². The molecule has 19 heteroatoms. The van der Waals surface area contributed by atoms with Crippen LogP contribution in [0.3, 0.4) is 0 Å². The number of aromatic amines is 1. The maximum absolute atomic E-state index is 14.1. The molecule has 0 saturated carbocycles. The van der Waals surface area contributed by atoms with Gasteiger partial charge in [0, 0.05) is 29.9 Å². The molecule has 1 aromatic carbocycles. The lowest BCUT2D eigenvalue weighted by Crippen LogP contribution is -2.61. The van der Waals surface area contributed by atoms with Crippen LogP contribution in [0, 0.1) is 11.8 Å². The fraction of sp³-hybridized carbons (Fsp3) is 0.579. The van der Waals surface area contributed by atoms with Crippen molar-refractivity contribution in [3.8, 4) is 0 Å². The smallest absolute Gasteiger partial charge is 0.326 e. The van der Waals surface area contributed by atoms with Crippen LogP contribution in [0.25, 0.3) is 10.9 Å². The molecule has 2 aromatic rings. The van der Waals surface area contributed by atoms with Crippen molar-refractivity contribution in [2.75, 3.05) is 6.54 Å². The van der Waals surface area contributed by atoms with Crippen molar-refractivity contribution in [1.82, 2.24) is 31.6 Å². The van der Waals surface area contributed by atoms with Crippen molar-refractivity contribution in [1.29, 1.82) is 0 Å². The van der Waals surface area contributed by atoms with Gasteiger partial charge < -0.3 is 58.4 Å². The highest BCUT2D eigenvalue weighted by molar-refractivity contribution is 5.97. The standard InChI is InChI=1S/C38H58N8O11/c1-5-21(4)32(46-36(54)27(16-20(2)3)44-35(53)29(18-31(49)50)43-33(51)24(40)13-14-30(47)48)37(55)45-28(17-22-19-41-25-11-7-6-10-23(22)25)34(52)42-26(38(56)57)12-8-9-15-39/h6-7,10-11,19-21,24,26-29,32,41H,5,8-9,12-18,39-40H2,1-4H3,(H,42,52)(H,43,51)(H,44,53)(H,45,55)(H,46,54)(H,47,48)(H,49,50)(H,56,57)/t21-,24-,26-,27-,28-,29-,32-/m0/s1. The molecule has 0 radical (unpaired) electrons. The number of nitrogens with two attached hydrogens (primary N) is 2. The minimum Gasteiger partial charge on any atom is -0.481 e. The summed E-state index contributed by atoms with van der Waals surface area (Å²) < 4.78 is 0. The molecule has 1 heterocycles. The van der Waals surface area contributed by atoms with Gasteiger partial charge in [0.2, 0.25) is 29.5 Å². The Bertz CT molecular complexity index is 1710. The highest BCUT2D eigenvalue weighted by Crippen LogP contribution is 2.20. The first-order chi connectivity index (χ1) is 26.9. The van der Waals surface area contributed by atoms with Crippen LogP contribution in [0.1, 0.15) is 84.6 Å².